The van der Waals surface area contributed by atoms with Gasteiger partial charge >= 0.3 is 0 Å². The summed E-state index contributed by atoms with van der Waals surface area (Å²) in [5, 5.41) is 1.04. The number of sulfone groups is 1. The number of carbonyl (C=O) groups excluding carboxylic acids is 1. The molecule has 23 heavy (non-hydrogen) atoms. The molecular formula is C17H22N2O3S. The van der Waals surface area contributed by atoms with Gasteiger partial charge in [0.15, 0.2) is 9.84 Å². The van der Waals surface area contributed by atoms with Gasteiger partial charge in [-0.2, -0.15) is 0 Å². The number of fused-ring (bicyclic) bond motifs is 1. The number of amides is 1. The molecule has 0 radical (unpaired) electrons. The summed E-state index contributed by atoms with van der Waals surface area (Å²) in [6.45, 7) is 7.90. The number of aromatic nitrogens is 1. The standard InChI is InChI=1S/C17H22N2O3S/c1-11-12(2)18-15-6-5-13(9-14(11)15)16(20)19-7-8-23(21,22)17(3,4)10-19/h5-6,9,18H,7-8,10H2,1-4H3. The summed E-state index contributed by atoms with van der Waals surface area (Å²) < 4.78 is 23.3. The smallest absolute Gasteiger partial charge is 0.253 e. The van der Waals surface area contributed by atoms with Crippen LogP contribution in [0.2, 0.25) is 0 Å². The second kappa shape index (κ2) is 5.09. The summed E-state index contributed by atoms with van der Waals surface area (Å²) in [6, 6.07) is 5.61. The average Bonchev–Trinajstić information content (AvgIpc) is 2.76. The first kappa shape index (κ1) is 16.1. The maximum Gasteiger partial charge on any atom is 0.253 e. The molecule has 1 aromatic carbocycles. The summed E-state index contributed by atoms with van der Waals surface area (Å²) in [7, 11) is -3.15. The van der Waals surface area contributed by atoms with Gasteiger partial charge in [-0.25, -0.2) is 8.42 Å². The van der Waals surface area contributed by atoms with E-state index in [1.165, 1.54) is 0 Å². The predicted molar refractivity (Wildman–Crippen MR) is 91.5 cm³/mol. The number of hydrogen-bond acceptors (Lipinski definition) is 3. The van der Waals surface area contributed by atoms with Crippen molar-refractivity contribution in [2.75, 3.05) is 18.8 Å². The van der Waals surface area contributed by atoms with E-state index in [2.05, 4.69) is 4.98 Å². The van der Waals surface area contributed by atoms with Crippen LogP contribution in [0.1, 0.15) is 35.5 Å². The molecule has 0 aliphatic carbocycles. The minimum Gasteiger partial charge on any atom is -0.358 e. The van der Waals surface area contributed by atoms with Crippen molar-refractivity contribution < 1.29 is 13.2 Å². The number of nitrogens with zero attached hydrogens (tertiary/aromatic N) is 1. The van der Waals surface area contributed by atoms with Crippen molar-refractivity contribution in [2.24, 2.45) is 0 Å². The van der Waals surface area contributed by atoms with E-state index in [0.717, 1.165) is 22.2 Å². The zero-order chi connectivity index (χ0) is 17.0. The van der Waals surface area contributed by atoms with E-state index >= 15 is 0 Å². The van der Waals surface area contributed by atoms with Crippen molar-refractivity contribution in [3.05, 3.63) is 35.0 Å². The molecule has 0 saturated carbocycles. The lowest BCUT2D eigenvalue weighted by Crippen LogP contribution is -2.54. The fraction of sp³-hybridized carbons (Fsp3) is 0.471. The van der Waals surface area contributed by atoms with Crippen molar-refractivity contribution in [1.82, 2.24) is 9.88 Å². The van der Waals surface area contributed by atoms with Crippen LogP contribution in [0.5, 0.6) is 0 Å². The van der Waals surface area contributed by atoms with Crippen molar-refractivity contribution in [2.45, 2.75) is 32.4 Å². The van der Waals surface area contributed by atoms with E-state index in [9.17, 15) is 13.2 Å². The van der Waals surface area contributed by atoms with Crippen LogP contribution in [0.15, 0.2) is 18.2 Å². The van der Waals surface area contributed by atoms with E-state index < -0.39 is 14.6 Å². The molecular weight excluding hydrogens is 312 g/mol. The highest BCUT2D eigenvalue weighted by molar-refractivity contribution is 7.92. The molecule has 2 aromatic rings. The number of H-pyrrole nitrogens is 1. The summed E-state index contributed by atoms with van der Waals surface area (Å²) in [6.07, 6.45) is 0. The highest BCUT2D eigenvalue weighted by atomic mass is 32.2. The molecule has 1 N–H and O–H groups in total. The molecule has 0 spiro atoms. The minimum atomic E-state index is -3.15. The number of aromatic amines is 1. The fourth-order valence-corrected chi connectivity index (χ4v) is 4.46. The Kier molecular flexibility index (Phi) is 3.55. The summed E-state index contributed by atoms with van der Waals surface area (Å²) in [5.41, 5.74) is 3.85. The van der Waals surface area contributed by atoms with Gasteiger partial charge in [-0.1, -0.05) is 0 Å². The molecule has 0 atom stereocenters. The fourth-order valence-electron chi connectivity index (χ4n) is 3.09. The second-order valence-electron chi connectivity index (χ2n) is 6.94. The molecule has 1 aromatic heterocycles. The Hall–Kier alpha value is -1.82. The van der Waals surface area contributed by atoms with E-state index in [-0.39, 0.29) is 24.7 Å². The number of rotatable bonds is 1. The Morgan fingerprint density at radius 2 is 1.96 bits per heavy atom. The first-order valence-corrected chi connectivity index (χ1v) is 9.38. The molecule has 1 aliphatic rings. The molecule has 3 rings (SSSR count). The first-order valence-electron chi connectivity index (χ1n) is 7.73. The van der Waals surface area contributed by atoms with Gasteiger partial charge in [0, 0.05) is 35.2 Å². The van der Waals surface area contributed by atoms with Crippen molar-refractivity contribution >= 4 is 26.6 Å². The van der Waals surface area contributed by atoms with Crippen molar-refractivity contribution in [3.8, 4) is 0 Å². The molecule has 1 aliphatic heterocycles. The number of nitrogens with one attached hydrogen (secondary N) is 1. The third kappa shape index (κ3) is 2.55. The van der Waals surface area contributed by atoms with Crippen LogP contribution in [0.4, 0.5) is 0 Å². The summed E-state index contributed by atoms with van der Waals surface area (Å²) >= 11 is 0. The maximum absolute atomic E-state index is 12.8. The Morgan fingerprint density at radius 3 is 2.61 bits per heavy atom. The quantitative estimate of drug-likeness (QED) is 0.871. The Balaban J connectivity index is 1.93. The lowest BCUT2D eigenvalue weighted by molar-refractivity contribution is 0.0743. The van der Waals surface area contributed by atoms with Crippen LogP contribution in [0.3, 0.4) is 0 Å². The van der Waals surface area contributed by atoms with E-state index in [0.29, 0.717) is 5.56 Å². The number of hydrogen-bond donors (Lipinski definition) is 1. The topological polar surface area (TPSA) is 70.2 Å². The Morgan fingerprint density at radius 1 is 1.26 bits per heavy atom. The molecule has 5 nitrogen and oxygen atoms in total. The van der Waals surface area contributed by atoms with Crippen LogP contribution >= 0.6 is 0 Å². The van der Waals surface area contributed by atoms with E-state index in [1.54, 1.807) is 24.8 Å². The minimum absolute atomic E-state index is 0.0241. The third-order valence-electron chi connectivity index (χ3n) is 4.89. The molecule has 2 heterocycles. The molecule has 1 amide bonds. The first-order chi connectivity index (χ1) is 10.6. The van der Waals surface area contributed by atoms with Crippen molar-refractivity contribution in [3.63, 3.8) is 0 Å². The molecule has 1 saturated heterocycles. The van der Waals surface area contributed by atoms with Gasteiger partial charge in [-0.15, -0.1) is 0 Å². The van der Waals surface area contributed by atoms with E-state index in [1.807, 2.05) is 26.0 Å². The summed E-state index contributed by atoms with van der Waals surface area (Å²) in [4.78, 5) is 17.7. The highest BCUT2D eigenvalue weighted by Gasteiger charge is 2.41. The Bertz CT molecular complexity index is 894. The molecule has 1 fully saturated rings. The highest BCUT2D eigenvalue weighted by Crippen LogP contribution is 2.27. The van der Waals surface area contributed by atoms with Gasteiger partial charge in [0.2, 0.25) is 0 Å². The van der Waals surface area contributed by atoms with Gasteiger partial charge in [0.1, 0.15) is 0 Å². The number of aryl methyl sites for hydroxylation is 2. The second-order valence-corrected chi connectivity index (χ2v) is 9.68. The lowest BCUT2D eigenvalue weighted by atomic mass is 10.1. The molecule has 6 heteroatoms. The molecule has 0 bridgehead atoms. The zero-order valence-electron chi connectivity index (χ0n) is 13.9. The normalized spacial score (nSPS) is 19.9. The largest absolute Gasteiger partial charge is 0.358 e. The maximum atomic E-state index is 12.8. The van der Waals surface area contributed by atoms with Crippen molar-refractivity contribution in [1.29, 1.82) is 0 Å². The van der Waals surface area contributed by atoms with Gasteiger partial charge in [0.25, 0.3) is 5.91 Å². The number of carbonyl (C=O) groups is 1. The number of benzene rings is 1. The van der Waals surface area contributed by atoms with Crippen LogP contribution in [-0.4, -0.2) is 47.8 Å². The van der Waals surface area contributed by atoms with Crippen LogP contribution in [0, 0.1) is 13.8 Å². The van der Waals surface area contributed by atoms with Gasteiger partial charge in [0.05, 0.1) is 10.5 Å². The third-order valence-corrected chi connectivity index (χ3v) is 7.42. The monoisotopic (exact) mass is 334 g/mol. The molecule has 0 unspecified atom stereocenters. The van der Waals surface area contributed by atoms with Crippen LogP contribution in [-0.2, 0) is 9.84 Å². The lowest BCUT2D eigenvalue weighted by Gasteiger charge is -2.37. The van der Waals surface area contributed by atoms with Gasteiger partial charge < -0.3 is 9.88 Å². The van der Waals surface area contributed by atoms with Crippen LogP contribution < -0.4 is 0 Å². The van der Waals surface area contributed by atoms with Gasteiger partial charge in [-0.3, -0.25) is 4.79 Å². The van der Waals surface area contributed by atoms with E-state index in [4.69, 9.17) is 0 Å². The average molecular weight is 334 g/mol. The van der Waals surface area contributed by atoms with Crippen LogP contribution in [0.25, 0.3) is 10.9 Å². The predicted octanol–water partition coefficient (Wildman–Crippen LogP) is 2.43. The molecule has 124 valence electrons. The van der Waals surface area contributed by atoms with Gasteiger partial charge in [-0.05, 0) is 51.5 Å². The summed E-state index contributed by atoms with van der Waals surface area (Å²) in [5.74, 6) is -0.0795. The Labute approximate surface area is 136 Å². The zero-order valence-corrected chi connectivity index (χ0v) is 14.8. The SMILES string of the molecule is Cc1[nH]c2ccc(C(=O)N3CCS(=O)(=O)C(C)(C)C3)cc2c1C.